The van der Waals surface area contributed by atoms with Crippen molar-refractivity contribution in [2.24, 2.45) is 0 Å². The van der Waals surface area contributed by atoms with Crippen LogP contribution >= 0.6 is 38.9 Å². The highest BCUT2D eigenvalue weighted by molar-refractivity contribution is 9.10. The number of hydrogen-bond donors (Lipinski definition) is 0. The first-order chi connectivity index (χ1) is 9.08. The van der Waals surface area contributed by atoms with Crippen LogP contribution < -0.4 is 9.47 Å². The molecule has 0 fully saturated rings. The predicted octanol–water partition coefficient (Wildman–Crippen LogP) is 4.41. The molecule has 0 atom stereocenters. The summed E-state index contributed by atoms with van der Waals surface area (Å²) in [7, 11) is 3.07. The van der Waals surface area contributed by atoms with Gasteiger partial charge in [-0.25, -0.2) is 0 Å². The number of methoxy groups -OCH3 is 2. The van der Waals surface area contributed by atoms with Gasteiger partial charge in [-0.1, -0.05) is 11.6 Å². The Bertz CT molecular complexity index is 624. The fourth-order valence-electron chi connectivity index (χ4n) is 1.64. The molecule has 100 valence electrons. The van der Waals surface area contributed by atoms with E-state index in [2.05, 4.69) is 15.9 Å². The summed E-state index contributed by atoms with van der Waals surface area (Å²) >= 11 is 10.5. The molecule has 0 radical (unpaired) electrons. The second-order valence-electron chi connectivity index (χ2n) is 3.60. The molecule has 6 heteroatoms. The Morgan fingerprint density at radius 1 is 1.21 bits per heavy atom. The average molecular weight is 362 g/mol. The van der Waals surface area contributed by atoms with E-state index >= 15 is 0 Å². The van der Waals surface area contributed by atoms with Crippen LogP contribution in [0.25, 0.3) is 0 Å². The van der Waals surface area contributed by atoms with Crippen LogP contribution in [0.5, 0.6) is 11.5 Å². The average Bonchev–Trinajstić information content (AvgIpc) is 2.84. The van der Waals surface area contributed by atoms with Gasteiger partial charge in [-0.15, -0.1) is 11.3 Å². The summed E-state index contributed by atoms with van der Waals surface area (Å²) in [6, 6.07) is 6.80. The summed E-state index contributed by atoms with van der Waals surface area (Å²) in [6.07, 6.45) is 0. The van der Waals surface area contributed by atoms with Gasteiger partial charge in [0.05, 0.1) is 29.0 Å². The second kappa shape index (κ2) is 5.94. The van der Waals surface area contributed by atoms with Gasteiger partial charge in [-0.2, -0.15) is 0 Å². The lowest BCUT2D eigenvalue weighted by Gasteiger charge is -2.12. The van der Waals surface area contributed by atoms with Gasteiger partial charge in [-0.3, -0.25) is 4.79 Å². The lowest BCUT2D eigenvalue weighted by molar-refractivity contribution is 0.103. The molecule has 19 heavy (non-hydrogen) atoms. The molecule has 0 saturated carbocycles. The van der Waals surface area contributed by atoms with Crippen molar-refractivity contribution < 1.29 is 14.3 Å². The highest BCUT2D eigenvalue weighted by Gasteiger charge is 2.20. The quantitative estimate of drug-likeness (QED) is 0.757. The Balaban J connectivity index is 2.50. The van der Waals surface area contributed by atoms with Gasteiger partial charge in [0, 0.05) is 0 Å². The maximum Gasteiger partial charge on any atom is 0.206 e. The van der Waals surface area contributed by atoms with Crippen LogP contribution in [0.2, 0.25) is 4.34 Å². The number of ether oxygens (including phenoxy) is 2. The van der Waals surface area contributed by atoms with Gasteiger partial charge in [-0.05, 0) is 40.2 Å². The number of carbonyl (C=O) groups excluding carboxylic acids is 1. The Morgan fingerprint density at radius 2 is 1.95 bits per heavy atom. The molecule has 0 bridgehead atoms. The molecule has 0 amide bonds. The van der Waals surface area contributed by atoms with Gasteiger partial charge in [0.15, 0.2) is 0 Å². The van der Waals surface area contributed by atoms with Crippen molar-refractivity contribution in [2.45, 2.75) is 0 Å². The van der Waals surface area contributed by atoms with Gasteiger partial charge >= 0.3 is 0 Å². The third-order valence-electron chi connectivity index (χ3n) is 2.53. The van der Waals surface area contributed by atoms with E-state index in [1.54, 1.807) is 31.4 Å². The Kier molecular flexibility index (Phi) is 4.50. The van der Waals surface area contributed by atoms with E-state index in [1.807, 2.05) is 0 Å². The molecule has 0 N–H and O–H groups in total. The number of carbonyl (C=O) groups is 1. The van der Waals surface area contributed by atoms with E-state index < -0.39 is 0 Å². The van der Waals surface area contributed by atoms with E-state index in [1.165, 1.54) is 18.4 Å². The van der Waals surface area contributed by atoms with Crippen LogP contribution in [0.1, 0.15) is 15.2 Å². The van der Waals surface area contributed by atoms with E-state index in [4.69, 9.17) is 21.1 Å². The van der Waals surface area contributed by atoms with Crippen LogP contribution in [0.15, 0.2) is 28.7 Å². The molecule has 1 heterocycles. The van der Waals surface area contributed by atoms with Gasteiger partial charge in [0.1, 0.15) is 16.0 Å². The lowest BCUT2D eigenvalue weighted by Crippen LogP contribution is -2.03. The molecule has 0 aliphatic carbocycles. The first-order valence-corrected chi connectivity index (χ1v) is 7.27. The Hall–Kier alpha value is -1.04. The molecule has 0 unspecified atom stereocenters. The number of ketones is 1. The SMILES string of the molecule is COc1ccc(C(=O)c2ccc(Cl)s2)c(OC)c1Br. The summed E-state index contributed by atoms with van der Waals surface area (Å²) in [5.74, 6) is 0.934. The second-order valence-corrected chi connectivity index (χ2v) is 6.10. The largest absolute Gasteiger partial charge is 0.495 e. The zero-order chi connectivity index (χ0) is 14.0. The maximum atomic E-state index is 12.4. The molecule has 3 nitrogen and oxygen atoms in total. The summed E-state index contributed by atoms with van der Waals surface area (Å²) in [5, 5.41) is 0. The number of thiophene rings is 1. The molecule has 0 aliphatic heterocycles. The highest BCUT2D eigenvalue weighted by Crippen LogP contribution is 2.38. The monoisotopic (exact) mass is 360 g/mol. The molecule has 0 spiro atoms. The molecule has 2 aromatic rings. The number of hydrogen-bond acceptors (Lipinski definition) is 4. The molecule has 0 aliphatic rings. The van der Waals surface area contributed by atoms with E-state index in [9.17, 15) is 4.79 Å². The Morgan fingerprint density at radius 3 is 2.47 bits per heavy atom. The van der Waals surface area contributed by atoms with Crippen LogP contribution in [-0.2, 0) is 0 Å². The first-order valence-electron chi connectivity index (χ1n) is 5.29. The van der Waals surface area contributed by atoms with Gasteiger partial charge < -0.3 is 9.47 Å². The number of halogens is 2. The summed E-state index contributed by atoms with van der Waals surface area (Å²) < 4.78 is 11.7. The molecule has 1 aromatic carbocycles. The fourth-order valence-corrected chi connectivity index (χ4v) is 3.31. The standard InChI is InChI=1S/C13H10BrClO3S/c1-17-8-4-3-7(13(18-2)11(8)14)12(16)9-5-6-10(15)19-9/h3-6H,1-2H3. The van der Waals surface area contributed by atoms with Crippen molar-refractivity contribution in [1.82, 2.24) is 0 Å². The van der Waals surface area contributed by atoms with Crippen molar-refractivity contribution in [3.8, 4) is 11.5 Å². The Labute approximate surface area is 128 Å². The molecular formula is C13H10BrClO3S. The van der Waals surface area contributed by atoms with E-state index in [0.717, 1.165) is 0 Å². The van der Waals surface area contributed by atoms with E-state index in [0.29, 0.717) is 30.7 Å². The van der Waals surface area contributed by atoms with Crippen molar-refractivity contribution in [3.63, 3.8) is 0 Å². The van der Waals surface area contributed by atoms with Gasteiger partial charge in [0.25, 0.3) is 0 Å². The van der Waals surface area contributed by atoms with Crippen LogP contribution in [0.4, 0.5) is 0 Å². The zero-order valence-electron chi connectivity index (χ0n) is 10.2. The van der Waals surface area contributed by atoms with Crippen LogP contribution in [-0.4, -0.2) is 20.0 Å². The predicted molar refractivity (Wildman–Crippen MR) is 80.0 cm³/mol. The van der Waals surface area contributed by atoms with Crippen molar-refractivity contribution in [2.75, 3.05) is 14.2 Å². The normalized spacial score (nSPS) is 10.3. The summed E-state index contributed by atoms with van der Waals surface area (Å²) in [5.41, 5.74) is 0.466. The molecule has 1 aromatic heterocycles. The minimum absolute atomic E-state index is 0.128. The zero-order valence-corrected chi connectivity index (χ0v) is 13.4. The molecule has 2 rings (SSSR count). The minimum atomic E-state index is -0.128. The van der Waals surface area contributed by atoms with Gasteiger partial charge in [0.2, 0.25) is 5.78 Å². The van der Waals surface area contributed by atoms with Crippen molar-refractivity contribution >= 4 is 44.7 Å². The number of benzene rings is 1. The number of rotatable bonds is 4. The van der Waals surface area contributed by atoms with Crippen molar-refractivity contribution in [3.05, 3.63) is 43.5 Å². The fraction of sp³-hybridized carbons (Fsp3) is 0.154. The van der Waals surface area contributed by atoms with Crippen molar-refractivity contribution in [1.29, 1.82) is 0 Å². The first kappa shape index (κ1) is 14.4. The minimum Gasteiger partial charge on any atom is -0.495 e. The topological polar surface area (TPSA) is 35.5 Å². The summed E-state index contributed by atoms with van der Waals surface area (Å²) in [4.78, 5) is 13.0. The van der Waals surface area contributed by atoms with Crippen LogP contribution in [0.3, 0.4) is 0 Å². The molecule has 0 saturated heterocycles. The molecular weight excluding hydrogens is 352 g/mol. The third kappa shape index (κ3) is 2.78. The smallest absolute Gasteiger partial charge is 0.206 e. The highest BCUT2D eigenvalue weighted by atomic mass is 79.9. The third-order valence-corrected chi connectivity index (χ3v) is 4.51. The van der Waals surface area contributed by atoms with Crippen LogP contribution in [0, 0.1) is 0 Å². The lowest BCUT2D eigenvalue weighted by atomic mass is 10.1. The van der Waals surface area contributed by atoms with E-state index in [-0.39, 0.29) is 5.78 Å². The summed E-state index contributed by atoms with van der Waals surface area (Å²) in [6.45, 7) is 0. The maximum absolute atomic E-state index is 12.4.